The van der Waals surface area contributed by atoms with E-state index >= 15 is 0 Å². The van der Waals surface area contributed by atoms with Crippen LogP contribution in [0.15, 0.2) is 18.2 Å². The van der Waals surface area contributed by atoms with Crippen LogP contribution >= 0.6 is 0 Å². The first-order valence-corrected chi connectivity index (χ1v) is 3.86. The molecule has 0 saturated heterocycles. The summed E-state index contributed by atoms with van der Waals surface area (Å²) in [5, 5.41) is 0. The largest absolute Gasteiger partial charge is 0.416 e. The molecule has 1 aromatic heterocycles. The molecule has 2 aromatic rings. The number of imidazole rings is 1. The quantitative estimate of drug-likeness (QED) is 0.694. The third-order valence-electron chi connectivity index (χ3n) is 1.86. The van der Waals surface area contributed by atoms with Crippen molar-refractivity contribution < 1.29 is 13.2 Å². The molecule has 2 rings (SSSR count). The van der Waals surface area contributed by atoms with Gasteiger partial charge >= 0.3 is 6.18 Å². The van der Waals surface area contributed by atoms with Crippen LogP contribution in [0.5, 0.6) is 0 Å². The van der Waals surface area contributed by atoms with Crippen LogP contribution in [-0.4, -0.2) is 9.97 Å². The third-order valence-corrected chi connectivity index (χ3v) is 1.86. The summed E-state index contributed by atoms with van der Waals surface area (Å²) in [6.07, 6.45) is -4.32. The Labute approximate surface area is 77.8 Å². The number of alkyl halides is 3. The van der Waals surface area contributed by atoms with Crippen LogP contribution < -0.4 is 0 Å². The average Bonchev–Trinajstić information content (AvgIpc) is 2.41. The van der Waals surface area contributed by atoms with Crippen molar-refractivity contribution in [1.82, 2.24) is 9.97 Å². The first-order chi connectivity index (χ1) is 6.47. The maximum atomic E-state index is 12.3. The highest BCUT2D eigenvalue weighted by Crippen LogP contribution is 2.30. The van der Waals surface area contributed by atoms with Crippen LogP contribution in [0.1, 0.15) is 11.4 Å². The lowest BCUT2D eigenvalue weighted by molar-refractivity contribution is -0.137. The maximum absolute atomic E-state index is 12.3. The minimum absolute atomic E-state index is 0.282. The van der Waals surface area contributed by atoms with Gasteiger partial charge in [0.15, 0.2) is 0 Å². The van der Waals surface area contributed by atoms with Gasteiger partial charge in [-0.15, -0.1) is 0 Å². The van der Waals surface area contributed by atoms with Gasteiger partial charge in [-0.1, -0.05) is 0 Å². The molecule has 73 valence electrons. The zero-order chi connectivity index (χ0) is 10.3. The van der Waals surface area contributed by atoms with Crippen LogP contribution in [0.4, 0.5) is 13.2 Å². The Balaban J connectivity index is 2.62. The van der Waals surface area contributed by atoms with Gasteiger partial charge in [-0.3, -0.25) is 0 Å². The van der Waals surface area contributed by atoms with Crippen molar-refractivity contribution in [3.63, 3.8) is 0 Å². The molecule has 0 aliphatic carbocycles. The molecule has 0 amide bonds. The van der Waals surface area contributed by atoms with E-state index in [1.807, 2.05) is 0 Å². The maximum Gasteiger partial charge on any atom is 0.416 e. The number of hydrogen-bond acceptors (Lipinski definition) is 1. The number of rotatable bonds is 0. The van der Waals surface area contributed by atoms with E-state index in [0.29, 0.717) is 11.3 Å². The standard InChI is InChI=1S/C9H6F3N2/c1-5-13-7-3-2-6(9(10,11)12)4-8(7)14-5/h2-4H,1H2,(H,13,14). The average molecular weight is 199 g/mol. The second kappa shape index (κ2) is 2.73. The number of nitrogens with zero attached hydrogens (tertiary/aromatic N) is 1. The van der Waals surface area contributed by atoms with Gasteiger partial charge < -0.3 is 4.98 Å². The van der Waals surface area contributed by atoms with E-state index < -0.39 is 11.7 Å². The van der Waals surface area contributed by atoms with E-state index in [1.165, 1.54) is 6.07 Å². The van der Waals surface area contributed by atoms with Gasteiger partial charge in [0.2, 0.25) is 0 Å². The number of H-pyrrole nitrogens is 1. The van der Waals surface area contributed by atoms with Crippen molar-refractivity contribution in [3.8, 4) is 0 Å². The molecule has 1 N–H and O–H groups in total. The second-order valence-corrected chi connectivity index (χ2v) is 2.91. The monoisotopic (exact) mass is 199 g/mol. The van der Waals surface area contributed by atoms with Crippen molar-refractivity contribution >= 4 is 11.0 Å². The van der Waals surface area contributed by atoms with E-state index in [9.17, 15) is 13.2 Å². The van der Waals surface area contributed by atoms with E-state index in [2.05, 4.69) is 16.9 Å². The molecular weight excluding hydrogens is 193 g/mol. The van der Waals surface area contributed by atoms with Crippen LogP contribution in [0.25, 0.3) is 11.0 Å². The Morgan fingerprint density at radius 3 is 2.64 bits per heavy atom. The summed E-state index contributed by atoms with van der Waals surface area (Å²) in [6, 6.07) is 3.36. The van der Waals surface area contributed by atoms with Gasteiger partial charge in [-0.05, 0) is 18.2 Å². The van der Waals surface area contributed by atoms with Crippen molar-refractivity contribution in [1.29, 1.82) is 0 Å². The molecule has 0 unspecified atom stereocenters. The van der Waals surface area contributed by atoms with E-state index in [-0.39, 0.29) is 5.52 Å². The molecule has 0 saturated carbocycles. The Kier molecular flexibility index (Phi) is 1.77. The fourth-order valence-corrected chi connectivity index (χ4v) is 1.23. The molecule has 14 heavy (non-hydrogen) atoms. The lowest BCUT2D eigenvalue weighted by atomic mass is 10.2. The molecule has 0 aliphatic rings. The van der Waals surface area contributed by atoms with Crippen LogP contribution in [0.3, 0.4) is 0 Å². The summed E-state index contributed by atoms with van der Waals surface area (Å²) in [5.41, 5.74) is 0.143. The normalized spacial score (nSPS) is 12.3. The van der Waals surface area contributed by atoms with E-state index in [4.69, 9.17) is 0 Å². The van der Waals surface area contributed by atoms with Gasteiger partial charge in [-0.2, -0.15) is 13.2 Å². The molecule has 2 nitrogen and oxygen atoms in total. The summed E-state index contributed by atoms with van der Waals surface area (Å²) in [6.45, 7) is 3.50. The summed E-state index contributed by atoms with van der Waals surface area (Å²) < 4.78 is 36.8. The number of aromatic amines is 1. The van der Waals surface area contributed by atoms with Crippen molar-refractivity contribution in [2.24, 2.45) is 0 Å². The summed E-state index contributed by atoms with van der Waals surface area (Å²) in [5.74, 6) is 0.360. The van der Waals surface area contributed by atoms with Gasteiger partial charge in [0, 0.05) is 6.92 Å². The number of benzene rings is 1. The van der Waals surface area contributed by atoms with Crippen molar-refractivity contribution in [2.45, 2.75) is 6.18 Å². The molecule has 0 atom stereocenters. The number of fused-ring (bicyclic) bond motifs is 1. The fourth-order valence-electron chi connectivity index (χ4n) is 1.23. The number of nitrogens with one attached hydrogen (secondary N) is 1. The molecule has 1 aromatic carbocycles. The van der Waals surface area contributed by atoms with Gasteiger partial charge in [0.05, 0.1) is 16.6 Å². The molecule has 1 radical (unpaired) electrons. The third kappa shape index (κ3) is 1.45. The first kappa shape index (κ1) is 9.05. The molecular formula is C9H6F3N2. The smallest absolute Gasteiger partial charge is 0.342 e. The molecule has 0 aliphatic heterocycles. The molecule has 0 fully saturated rings. The predicted molar refractivity (Wildman–Crippen MR) is 45.6 cm³/mol. The summed E-state index contributed by atoms with van der Waals surface area (Å²) in [7, 11) is 0. The second-order valence-electron chi connectivity index (χ2n) is 2.91. The number of hydrogen-bond donors (Lipinski definition) is 1. The SMILES string of the molecule is [CH2]c1nc2cc(C(F)(F)F)ccc2[nH]1. The Morgan fingerprint density at radius 1 is 1.29 bits per heavy atom. The van der Waals surface area contributed by atoms with Gasteiger partial charge in [-0.25, -0.2) is 4.98 Å². The summed E-state index contributed by atoms with van der Waals surface area (Å²) in [4.78, 5) is 6.57. The Hall–Kier alpha value is -1.52. The van der Waals surface area contributed by atoms with E-state index in [0.717, 1.165) is 12.1 Å². The minimum atomic E-state index is -4.32. The van der Waals surface area contributed by atoms with Gasteiger partial charge in [0.25, 0.3) is 0 Å². The van der Waals surface area contributed by atoms with Crippen LogP contribution in [0.2, 0.25) is 0 Å². The number of aromatic nitrogens is 2. The Bertz CT molecular complexity index is 470. The van der Waals surface area contributed by atoms with Crippen molar-refractivity contribution in [2.75, 3.05) is 0 Å². The fraction of sp³-hybridized carbons (Fsp3) is 0.111. The highest BCUT2D eigenvalue weighted by atomic mass is 19.4. The highest BCUT2D eigenvalue weighted by molar-refractivity contribution is 5.76. The molecule has 0 spiro atoms. The van der Waals surface area contributed by atoms with E-state index in [1.54, 1.807) is 0 Å². The first-order valence-electron chi connectivity index (χ1n) is 3.86. The lowest BCUT2D eigenvalue weighted by Gasteiger charge is -2.04. The predicted octanol–water partition coefficient (Wildman–Crippen LogP) is 2.76. The highest BCUT2D eigenvalue weighted by Gasteiger charge is 2.30. The van der Waals surface area contributed by atoms with Crippen molar-refractivity contribution in [3.05, 3.63) is 36.5 Å². The summed E-state index contributed by atoms with van der Waals surface area (Å²) >= 11 is 0. The zero-order valence-electron chi connectivity index (χ0n) is 7.02. The van der Waals surface area contributed by atoms with Crippen LogP contribution in [0, 0.1) is 6.92 Å². The number of halogens is 3. The lowest BCUT2D eigenvalue weighted by Crippen LogP contribution is -2.04. The van der Waals surface area contributed by atoms with Crippen LogP contribution in [-0.2, 0) is 6.18 Å². The molecule has 1 heterocycles. The zero-order valence-corrected chi connectivity index (χ0v) is 7.02. The molecule has 5 heteroatoms. The molecule has 0 bridgehead atoms. The minimum Gasteiger partial charge on any atom is -0.342 e. The Morgan fingerprint density at radius 2 is 2.00 bits per heavy atom. The van der Waals surface area contributed by atoms with Gasteiger partial charge in [0.1, 0.15) is 5.82 Å². The topological polar surface area (TPSA) is 28.7 Å².